The predicted octanol–water partition coefficient (Wildman–Crippen LogP) is 4.94. The number of aliphatic carboxylic acids is 1. The molecule has 0 saturated heterocycles. The molecule has 2 aromatic rings. The van der Waals surface area contributed by atoms with Gasteiger partial charge in [-0.05, 0) is 48.4 Å². The van der Waals surface area contributed by atoms with Gasteiger partial charge >= 0.3 is 12.1 Å². The Kier molecular flexibility index (Phi) is 7.73. The van der Waals surface area contributed by atoms with Gasteiger partial charge in [0.25, 0.3) is 0 Å². The molecule has 1 fully saturated rings. The molecule has 35 heavy (non-hydrogen) atoms. The quantitative estimate of drug-likeness (QED) is 0.477. The number of ether oxygens (including phenoxy) is 1. The number of nitrogens with one attached hydrogen (secondary N) is 1. The van der Waals surface area contributed by atoms with Gasteiger partial charge < -0.3 is 20.1 Å². The fraction of sp³-hybridized carbons (Fsp3) is 0.464. The highest BCUT2D eigenvalue weighted by atomic mass is 16.5. The Balaban J connectivity index is 1.39. The molecule has 2 aliphatic carbocycles. The molecule has 1 saturated carbocycles. The van der Waals surface area contributed by atoms with Crippen LogP contribution in [0.5, 0.6) is 0 Å². The average molecular weight is 479 g/mol. The Morgan fingerprint density at radius 3 is 2.20 bits per heavy atom. The molecule has 2 aromatic carbocycles. The average Bonchev–Trinajstić information content (AvgIpc) is 3.63. The van der Waals surface area contributed by atoms with Crippen molar-refractivity contribution in [1.29, 1.82) is 0 Å². The number of carbonyl (C=O) groups is 3. The van der Waals surface area contributed by atoms with Gasteiger partial charge in [0.1, 0.15) is 12.6 Å². The van der Waals surface area contributed by atoms with Crippen molar-refractivity contribution in [3.8, 4) is 11.1 Å². The van der Waals surface area contributed by atoms with Crippen molar-refractivity contribution in [3.05, 3.63) is 59.7 Å². The number of hydrogen-bond donors (Lipinski definition) is 2. The van der Waals surface area contributed by atoms with Crippen LogP contribution in [0.3, 0.4) is 0 Å². The molecule has 0 spiro atoms. The largest absolute Gasteiger partial charge is 0.480 e. The lowest BCUT2D eigenvalue weighted by atomic mass is 9.98. The van der Waals surface area contributed by atoms with E-state index in [9.17, 15) is 19.5 Å². The number of hydrogen-bond acceptors (Lipinski definition) is 4. The van der Waals surface area contributed by atoms with Crippen LogP contribution in [-0.2, 0) is 14.3 Å². The van der Waals surface area contributed by atoms with Crippen LogP contribution < -0.4 is 5.32 Å². The normalized spacial score (nSPS) is 16.1. The molecule has 0 heterocycles. The van der Waals surface area contributed by atoms with E-state index in [1.165, 1.54) is 4.90 Å². The summed E-state index contributed by atoms with van der Waals surface area (Å²) in [6.45, 7) is 3.80. The molecule has 4 rings (SSSR count). The highest BCUT2D eigenvalue weighted by Crippen LogP contribution is 2.44. The Labute approximate surface area is 206 Å². The number of nitrogens with zero attached hydrogens (tertiary/aromatic N) is 1. The van der Waals surface area contributed by atoms with Crippen LogP contribution in [-0.4, -0.2) is 52.7 Å². The van der Waals surface area contributed by atoms with Crippen LogP contribution in [0.25, 0.3) is 11.1 Å². The van der Waals surface area contributed by atoms with Gasteiger partial charge in [-0.15, -0.1) is 0 Å². The molecule has 2 atom stereocenters. The first-order valence-electron chi connectivity index (χ1n) is 12.6. The van der Waals surface area contributed by atoms with Gasteiger partial charge in [0.2, 0.25) is 5.91 Å². The van der Waals surface area contributed by atoms with Crippen molar-refractivity contribution in [2.24, 2.45) is 0 Å². The molecule has 0 aromatic heterocycles. The van der Waals surface area contributed by atoms with Crippen LogP contribution in [0.2, 0.25) is 0 Å². The summed E-state index contributed by atoms with van der Waals surface area (Å²) < 4.78 is 5.67. The van der Waals surface area contributed by atoms with E-state index < -0.39 is 24.1 Å². The summed E-state index contributed by atoms with van der Waals surface area (Å²) in [5, 5.41) is 12.3. The Morgan fingerprint density at radius 2 is 1.66 bits per heavy atom. The van der Waals surface area contributed by atoms with E-state index in [0.717, 1.165) is 47.9 Å². The third-order valence-corrected chi connectivity index (χ3v) is 7.00. The maximum absolute atomic E-state index is 13.0. The molecule has 0 bridgehead atoms. The summed E-state index contributed by atoms with van der Waals surface area (Å²) in [4.78, 5) is 38.8. The third kappa shape index (κ3) is 5.66. The Bertz CT molecular complexity index is 1040. The summed E-state index contributed by atoms with van der Waals surface area (Å²) in [6, 6.07) is 15.0. The van der Waals surface area contributed by atoms with Gasteiger partial charge in [0.15, 0.2) is 0 Å². The predicted molar refractivity (Wildman–Crippen MR) is 133 cm³/mol. The van der Waals surface area contributed by atoms with Crippen LogP contribution in [0, 0.1) is 0 Å². The lowest BCUT2D eigenvalue weighted by Gasteiger charge is -2.28. The Morgan fingerprint density at radius 1 is 1.06 bits per heavy atom. The summed E-state index contributed by atoms with van der Waals surface area (Å²) in [5.74, 6) is -1.28. The summed E-state index contributed by atoms with van der Waals surface area (Å²) in [5.41, 5.74) is 4.61. The van der Waals surface area contributed by atoms with Crippen molar-refractivity contribution < 1.29 is 24.2 Å². The van der Waals surface area contributed by atoms with Crippen LogP contribution >= 0.6 is 0 Å². The van der Waals surface area contributed by atoms with Crippen molar-refractivity contribution in [2.75, 3.05) is 6.61 Å². The number of alkyl carbamates (subject to hydrolysis) is 1. The summed E-state index contributed by atoms with van der Waals surface area (Å²) in [7, 11) is 0. The molecule has 2 amide bonds. The van der Waals surface area contributed by atoms with Crippen LogP contribution in [0.15, 0.2) is 48.5 Å². The molecular weight excluding hydrogens is 444 g/mol. The van der Waals surface area contributed by atoms with Crippen molar-refractivity contribution >= 4 is 18.0 Å². The van der Waals surface area contributed by atoms with E-state index >= 15 is 0 Å². The molecule has 2 unspecified atom stereocenters. The number of carbonyl (C=O) groups excluding carboxylic acids is 2. The molecule has 0 aliphatic heterocycles. The number of carboxylic acids is 1. The molecule has 186 valence electrons. The van der Waals surface area contributed by atoms with Crippen LogP contribution in [0.4, 0.5) is 4.79 Å². The SMILES string of the molecule is CCCCC(CC(=O)N(C1CC1)C(C)C(=O)O)NC(=O)OCC1c2ccccc2-c2ccccc21. The van der Waals surface area contributed by atoms with Gasteiger partial charge in [-0.25, -0.2) is 9.59 Å². The second kappa shape index (κ2) is 10.9. The molecule has 2 aliphatic rings. The monoisotopic (exact) mass is 478 g/mol. The van der Waals surface area contributed by atoms with Crippen molar-refractivity contribution in [1.82, 2.24) is 10.2 Å². The zero-order valence-electron chi connectivity index (χ0n) is 20.4. The highest BCUT2D eigenvalue weighted by molar-refractivity contribution is 5.85. The lowest BCUT2D eigenvalue weighted by Crippen LogP contribution is -2.47. The number of benzene rings is 2. The first kappa shape index (κ1) is 24.8. The number of unbranched alkanes of at least 4 members (excludes halogenated alkanes) is 1. The zero-order chi connectivity index (χ0) is 24.9. The van der Waals surface area contributed by atoms with E-state index in [-0.39, 0.29) is 30.9 Å². The number of rotatable bonds is 11. The van der Waals surface area contributed by atoms with E-state index in [0.29, 0.717) is 6.42 Å². The molecule has 0 radical (unpaired) electrons. The topological polar surface area (TPSA) is 95.9 Å². The van der Waals surface area contributed by atoms with Gasteiger partial charge in [-0.2, -0.15) is 0 Å². The second-order valence-electron chi connectivity index (χ2n) is 9.56. The number of fused-ring (bicyclic) bond motifs is 3. The Hall–Kier alpha value is -3.35. The lowest BCUT2D eigenvalue weighted by molar-refractivity contribution is -0.150. The van der Waals surface area contributed by atoms with E-state index in [1.807, 2.05) is 24.3 Å². The number of carboxylic acid groups (broad SMARTS) is 1. The fourth-order valence-corrected chi connectivity index (χ4v) is 5.01. The first-order valence-corrected chi connectivity index (χ1v) is 12.6. The van der Waals surface area contributed by atoms with Gasteiger partial charge in [-0.3, -0.25) is 4.79 Å². The highest BCUT2D eigenvalue weighted by Gasteiger charge is 2.39. The second-order valence-corrected chi connectivity index (χ2v) is 9.56. The summed E-state index contributed by atoms with van der Waals surface area (Å²) >= 11 is 0. The van der Waals surface area contributed by atoms with Crippen molar-refractivity contribution in [2.45, 2.75) is 76.4 Å². The molecular formula is C28H34N2O5. The van der Waals surface area contributed by atoms with E-state index in [2.05, 4.69) is 36.5 Å². The minimum Gasteiger partial charge on any atom is -0.480 e. The fourth-order valence-electron chi connectivity index (χ4n) is 5.01. The summed E-state index contributed by atoms with van der Waals surface area (Å²) in [6.07, 6.45) is 3.56. The van der Waals surface area contributed by atoms with E-state index in [1.54, 1.807) is 6.92 Å². The molecule has 7 heteroatoms. The maximum atomic E-state index is 13.0. The van der Waals surface area contributed by atoms with Gasteiger partial charge in [0.05, 0.1) is 0 Å². The molecule has 2 N–H and O–H groups in total. The van der Waals surface area contributed by atoms with Crippen molar-refractivity contribution in [3.63, 3.8) is 0 Å². The first-order chi connectivity index (χ1) is 16.9. The minimum absolute atomic E-state index is 0.0186. The van der Waals surface area contributed by atoms with Crippen LogP contribution in [0.1, 0.15) is 69.4 Å². The third-order valence-electron chi connectivity index (χ3n) is 7.00. The van der Waals surface area contributed by atoms with Gasteiger partial charge in [-0.1, -0.05) is 68.3 Å². The van der Waals surface area contributed by atoms with E-state index in [4.69, 9.17) is 4.74 Å². The standard InChI is InChI=1S/C28H34N2O5/c1-3-4-9-19(16-26(31)30(20-14-15-20)18(2)27(32)33)29-28(34)35-17-25-23-12-7-5-10-21(23)22-11-6-8-13-24(22)25/h5-8,10-13,18-20,25H,3-4,9,14-17H2,1-2H3,(H,29,34)(H,32,33). The minimum atomic E-state index is -1.01. The molecule has 7 nitrogen and oxygen atoms in total. The smallest absolute Gasteiger partial charge is 0.407 e. The van der Waals surface area contributed by atoms with Gasteiger partial charge in [0, 0.05) is 24.4 Å². The maximum Gasteiger partial charge on any atom is 0.407 e. The zero-order valence-corrected chi connectivity index (χ0v) is 20.4. The number of amides is 2.